The maximum Gasteiger partial charge on any atom is 0.143 e. The Hall–Kier alpha value is -5.54. The fourth-order valence-electron chi connectivity index (χ4n) is 5.73. The Morgan fingerprint density at radius 2 is 1.17 bits per heavy atom. The Morgan fingerprint density at radius 3 is 2.02 bits per heavy atom. The highest BCUT2D eigenvalue weighted by Gasteiger charge is 2.17. The van der Waals surface area contributed by atoms with Gasteiger partial charge in [0.15, 0.2) is 0 Å². The second-order valence-electron chi connectivity index (χ2n) is 10.2. The lowest BCUT2D eigenvalue weighted by Crippen LogP contribution is -1.90. The van der Waals surface area contributed by atoms with E-state index < -0.39 is 0 Å². The van der Waals surface area contributed by atoms with Gasteiger partial charge in [-0.2, -0.15) is 0 Å². The normalized spacial score (nSPS) is 11.4. The molecule has 3 heterocycles. The van der Waals surface area contributed by atoms with E-state index in [1.165, 1.54) is 21.9 Å². The zero-order chi connectivity index (χ0) is 27.2. The first kappa shape index (κ1) is 23.4. The SMILES string of the molecule is c1ccc(-c2ccc3oc4c(-c5ccc(-c6cccc(-c7ccccn7)n6)cc5)c5ccccc5cc4c3c2)cc1. The molecule has 0 saturated heterocycles. The van der Waals surface area contributed by atoms with Crippen molar-refractivity contribution >= 4 is 32.7 Å². The Kier molecular flexibility index (Phi) is 5.46. The summed E-state index contributed by atoms with van der Waals surface area (Å²) in [7, 11) is 0. The van der Waals surface area contributed by atoms with Gasteiger partial charge >= 0.3 is 0 Å². The van der Waals surface area contributed by atoms with Crippen molar-refractivity contribution in [2.24, 2.45) is 0 Å². The van der Waals surface area contributed by atoms with E-state index in [1.54, 1.807) is 6.20 Å². The minimum Gasteiger partial charge on any atom is -0.455 e. The number of benzene rings is 5. The van der Waals surface area contributed by atoms with Gasteiger partial charge < -0.3 is 4.42 Å². The molecule has 3 nitrogen and oxygen atoms in total. The number of hydrogen-bond acceptors (Lipinski definition) is 3. The number of pyridine rings is 2. The second kappa shape index (κ2) is 9.58. The molecule has 0 atom stereocenters. The molecule has 0 spiro atoms. The molecule has 0 aliphatic carbocycles. The average Bonchev–Trinajstić information content (AvgIpc) is 3.42. The van der Waals surface area contributed by atoms with Crippen LogP contribution in [0.15, 0.2) is 150 Å². The summed E-state index contributed by atoms with van der Waals surface area (Å²) in [6, 6.07) is 48.4. The molecule has 0 bridgehead atoms. The van der Waals surface area contributed by atoms with E-state index in [0.717, 1.165) is 55.7 Å². The van der Waals surface area contributed by atoms with Gasteiger partial charge in [0.1, 0.15) is 11.2 Å². The molecule has 0 N–H and O–H groups in total. The summed E-state index contributed by atoms with van der Waals surface area (Å²) < 4.78 is 6.60. The molecule has 0 aliphatic rings. The highest BCUT2D eigenvalue weighted by atomic mass is 16.3. The summed E-state index contributed by atoms with van der Waals surface area (Å²) in [4.78, 5) is 9.36. The van der Waals surface area contributed by atoms with Gasteiger partial charge in [-0.1, -0.05) is 97.1 Å². The van der Waals surface area contributed by atoms with Crippen LogP contribution in [0.4, 0.5) is 0 Å². The quantitative estimate of drug-likeness (QED) is 0.230. The number of fused-ring (bicyclic) bond motifs is 4. The Morgan fingerprint density at radius 1 is 0.439 bits per heavy atom. The van der Waals surface area contributed by atoms with Crippen molar-refractivity contribution in [3.05, 3.63) is 146 Å². The van der Waals surface area contributed by atoms with E-state index in [4.69, 9.17) is 9.40 Å². The van der Waals surface area contributed by atoms with E-state index in [0.29, 0.717) is 0 Å². The van der Waals surface area contributed by atoms with Gasteiger partial charge in [-0.3, -0.25) is 4.98 Å². The third-order valence-corrected chi connectivity index (χ3v) is 7.74. The first-order valence-corrected chi connectivity index (χ1v) is 13.7. The first-order chi connectivity index (χ1) is 20.3. The van der Waals surface area contributed by atoms with Crippen molar-refractivity contribution in [3.63, 3.8) is 0 Å². The Balaban J connectivity index is 1.28. The molecule has 0 radical (unpaired) electrons. The molecule has 0 unspecified atom stereocenters. The molecule has 0 aliphatic heterocycles. The smallest absolute Gasteiger partial charge is 0.143 e. The number of hydrogen-bond donors (Lipinski definition) is 0. The summed E-state index contributed by atoms with van der Waals surface area (Å²) in [5.41, 5.74) is 10.1. The largest absolute Gasteiger partial charge is 0.455 e. The second-order valence-corrected chi connectivity index (χ2v) is 10.2. The molecule has 0 saturated carbocycles. The predicted octanol–water partition coefficient (Wildman–Crippen LogP) is 10.2. The third-order valence-electron chi connectivity index (χ3n) is 7.74. The van der Waals surface area contributed by atoms with Gasteiger partial charge in [-0.25, -0.2) is 4.98 Å². The van der Waals surface area contributed by atoms with Crippen molar-refractivity contribution in [2.75, 3.05) is 0 Å². The fourth-order valence-corrected chi connectivity index (χ4v) is 5.73. The van der Waals surface area contributed by atoms with Gasteiger partial charge in [-0.15, -0.1) is 0 Å². The first-order valence-electron chi connectivity index (χ1n) is 13.7. The van der Waals surface area contributed by atoms with Crippen LogP contribution < -0.4 is 0 Å². The topological polar surface area (TPSA) is 38.9 Å². The minimum atomic E-state index is 0.861. The zero-order valence-electron chi connectivity index (χ0n) is 22.2. The maximum absolute atomic E-state index is 6.60. The van der Waals surface area contributed by atoms with Crippen molar-refractivity contribution in [1.29, 1.82) is 0 Å². The number of nitrogens with zero attached hydrogens (tertiary/aromatic N) is 2. The molecule has 0 fully saturated rings. The molecule has 8 rings (SSSR count). The van der Waals surface area contributed by atoms with E-state index in [2.05, 4.69) is 102 Å². The van der Waals surface area contributed by atoms with Gasteiger partial charge in [-0.05, 0) is 69.9 Å². The summed E-state index contributed by atoms with van der Waals surface area (Å²) in [5.74, 6) is 0. The number of rotatable bonds is 4. The van der Waals surface area contributed by atoms with E-state index in [-0.39, 0.29) is 0 Å². The molecule has 0 amide bonds. The molecule has 8 aromatic rings. The summed E-state index contributed by atoms with van der Waals surface area (Å²) in [6.45, 7) is 0. The predicted molar refractivity (Wildman–Crippen MR) is 169 cm³/mol. The molecule has 41 heavy (non-hydrogen) atoms. The summed E-state index contributed by atoms with van der Waals surface area (Å²) in [5, 5.41) is 4.61. The van der Waals surface area contributed by atoms with E-state index in [1.807, 2.05) is 42.5 Å². The van der Waals surface area contributed by atoms with Crippen molar-refractivity contribution < 1.29 is 4.42 Å². The highest BCUT2D eigenvalue weighted by molar-refractivity contribution is 6.18. The molecular weight excluding hydrogens is 500 g/mol. The van der Waals surface area contributed by atoms with Crippen LogP contribution in [0, 0.1) is 0 Å². The summed E-state index contributed by atoms with van der Waals surface area (Å²) in [6.07, 6.45) is 1.80. The Labute approximate surface area is 237 Å². The van der Waals surface area contributed by atoms with Crippen LogP contribution in [0.2, 0.25) is 0 Å². The molecule has 5 aromatic carbocycles. The molecule has 192 valence electrons. The lowest BCUT2D eigenvalue weighted by molar-refractivity contribution is 0.670. The standard InChI is InChI=1S/C38H24N2O/c1-2-9-25(10-3-1)28-20-21-36-31(23-28)32-24-29-11-4-5-12-30(29)37(38(32)41-36)27-18-16-26(17-19-27)33-14-8-15-35(40-33)34-13-6-7-22-39-34/h1-24H. The van der Waals surface area contributed by atoms with Crippen molar-refractivity contribution in [3.8, 4) is 44.9 Å². The lowest BCUT2D eigenvalue weighted by Gasteiger charge is -2.10. The third kappa shape index (κ3) is 4.07. The Bertz CT molecular complexity index is 2180. The van der Waals surface area contributed by atoms with E-state index >= 15 is 0 Å². The lowest BCUT2D eigenvalue weighted by atomic mass is 9.94. The van der Waals surface area contributed by atoms with Crippen LogP contribution in [-0.4, -0.2) is 9.97 Å². The van der Waals surface area contributed by atoms with Crippen molar-refractivity contribution in [1.82, 2.24) is 9.97 Å². The molecule has 3 aromatic heterocycles. The fraction of sp³-hybridized carbons (Fsp3) is 0. The average molecular weight is 525 g/mol. The molecular formula is C38H24N2O. The van der Waals surface area contributed by atoms with Gasteiger partial charge in [0.25, 0.3) is 0 Å². The van der Waals surface area contributed by atoms with Crippen molar-refractivity contribution in [2.45, 2.75) is 0 Å². The van der Waals surface area contributed by atoms with Crippen LogP contribution in [0.5, 0.6) is 0 Å². The van der Waals surface area contributed by atoms with E-state index in [9.17, 15) is 0 Å². The number of furan rings is 1. The van der Waals surface area contributed by atoms with Crippen LogP contribution in [0.1, 0.15) is 0 Å². The van der Waals surface area contributed by atoms with Gasteiger partial charge in [0.05, 0.1) is 17.1 Å². The minimum absolute atomic E-state index is 0.861. The van der Waals surface area contributed by atoms with Crippen LogP contribution >= 0.6 is 0 Å². The zero-order valence-corrected chi connectivity index (χ0v) is 22.2. The molecule has 3 heteroatoms. The van der Waals surface area contributed by atoms with Crippen LogP contribution in [-0.2, 0) is 0 Å². The monoisotopic (exact) mass is 524 g/mol. The summed E-state index contributed by atoms with van der Waals surface area (Å²) >= 11 is 0. The van der Waals surface area contributed by atoms with Gasteiger partial charge in [0.2, 0.25) is 0 Å². The maximum atomic E-state index is 6.60. The number of aromatic nitrogens is 2. The van der Waals surface area contributed by atoms with Gasteiger partial charge in [0, 0.05) is 28.1 Å². The van der Waals surface area contributed by atoms with Crippen LogP contribution in [0.25, 0.3) is 77.6 Å². The highest BCUT2D eigenvalue weighted by Crippen LogP contribution is 2.42. The van der Waals surface area contributed by atoms with Crippen LogP contribution in [0.3, 0.4) is 0 Å².